The molecule has 0 spiro atoms. The van der Waals surface area contributed by atoms with Gasteiger partial charge in [-0.15, -0.1) is 0 Å². The second-order valence-corrected chi connectivity index (χ2v) is 5.32. The highest BCUT2D eigenvalue weighted by Gasteiger charge is 2.15. The Morgan fingerprint density at radius 2 is 2.33 bits per heavy atom. The fraction of sp³-hybridized carbons (Fsp3) is 0.267. The van der Waals surface area contributed by atoms with E-state index < -0.39 is 5.91 Å². The molecule has 0 aliphatic rings. The Balaban J connectivity index is 1.78. The number of nitrogens with one attached hydrogen (secondary N) is 1. The summed E-state index contributed by atoms with van der Waals surface area (Å²) in [7, 11) is 0. The van der Waals surface area contributed by atoms with Gasteiger partial charge in [-0.2, -0.15) is 0 Å². The molecule has 128 valence electrons. The highest BCUT2D eigenvalue weighted by molar-refractivity contribution is 6.30. The van der Waals surface area contributed by atoms with Crippen LogP contribution in [-0.4, -0.2) is 35.9 Å². The number of anilines is 1. The zero-order valence-electron chi connectivity index (χ0n) is 13.0. The number of amides is 1. The van der Waals surface area contributed by atoms with Crippen LogP contribution in [0.4, 0.5) is 5.82 Å². The molecule has 1 aromatic heterocycles. The fourth-order valence-corrected chi connectivity index (χ4v) is 2.17. The van der Waals surface area contributed by atoms with Crippen LogP contribution < -0.4 is 21.1 Å². The lowest BCUT2D eigenvalue weighted by Gasteiger charge is -2.10. The summed E-state index contributed by atoms with van der Waals surface area (Å²) in [6, 6.07) is 5.47. The quantitative estimate of drug-likeness (QED) is 0.443. The predicted octanol–water partition coefficient (Wildman–Crippen LogP) is 0.363. The van der Waals surface area contributed by atoms with Crippen molar-refractivity contribution in [3.05, 3.63) is 47.1 Å². The van der Waals surface area contributed by atoms with E-state index in [-0.39, 0.29) is 11.5 Å². The number of rotatable bonds is 9. The second-order valence-electron chi connectivity index (χ2n) is 4.89. The second kappa shape index (κ2) is 8.90. The molecule has 9 heteroatoms. The number of carbonyl (C=O) groups is 1. The maximum atomic E-state index is 11.8. The van der Waals surface area contributed by atoms with Crippen LogP contribution in [0.15, 0.2) is 35.5 Å². The van der Waals surface area contributed by atoms with Crippen molar-refractivity contribution in [2.75, 3.05) is 25.4 Å². The van der Waals surface area contributed by atoms with Crippen molar-refractivity contribution >= 4 is 23.3 Å². The van der Waals surface area contributed by atoms with Crippen molar-refractivity contribution in [3.8, 4) is 5.75 Å². The van der Waals surface area contributed by atoms with E-state index in [0.717, 1.165) is 11.3 Å². The number of ether oxygens (including phenoxy) is 1. The first-order chi connectivity index (χ1) is 11.6. The standard InChI is InChI=1S/C15H18ClN5O3/c1-2-7-23-12-4-3-11(16)8-10(12)9-18-5-6-19-15(22)13-14(17)21-24-20-13/h2-4,8,18H,1,5-7,9H2,(H2,17,21)(H,19,22)/p+1. The van der Waals surface area contributed by atoms with E-state index >= 15 is 0 Å². The van der Waals surface area contributed by atoms with Crippen LogP contribution >= 0.6 is 11.6 Å². The first-order valence-electron chi connectivity index (χ1n) is 7.32. The minimum absolute atomic E-state index is 0.00930. The van der Waals surface area contributed by atoms with Gasteiger partial charge in [0.15, 0.2) is 0 Å². The topological polar surface area (TPSA) is 120 Å². The number of halogens is 1. The number of nitrogen functional groups attached to an aromatic ring is 1. The summed E-state index contributed by atoms with van der Waals surface area (Å²) in [5.41, 5.74) is 6.41. The number of quaternary nitrogens is 1. The monoisotopic (exact) mass is 352 g/mol. The first-order valence-corrected chi connectivity index (χ1v) is 7.69. The molecule has 0 atom stereocenters. The Bertz CT molecular complexity index is 704. The van der Waals surface area contributed by atoms with Crippen LogP contribution in [0.5, 0.6) is 5.75 Å². The molecule has 0 unspecified atom stereocenters. The van der Waals surface area contributed by atoms with E-state index in [1.54, 1.807) is 12.1 Å². The highest BCUT2D eigenvalue weighted by Crippen LogP contribution is 2.22. The predicted molar refractivity (Wildman–Crippen MR) is 88.7 cm³/mol. The van der Waals surface area contributed by atoms with Crippen molar-refractivity contribution in [2.24, 2.45) is 0 Å². The normalized spacial score (nSPS) is 10.4. The molecule has 8 nitrogen and oxygen atoms in total. The zero-order valence-corrected chi connectivity index (χ0v) is 13.8. The summed E-state index contributed by atoms with van der Waals surface area (Å²) in [5, 5.41) is 12.2. The zero-order chi connectivity index (χ0) is 17.4. The SMILES string of the molecule is C=CCOc1ccc(Cl)cc1C[NH2+]CCNC(=O)c1nonc1N. The summed E-state index contributed by atoms with van der Waals surface area (Å²) in [4.78, 5) is 11.8. The average Bonchev–Trinajstić information content (AvgIpc) is 2.99. The summed E-state index contributed by atoms with van der Waals surface area (Å²) in [5.74, 6) is 0.320. The summed E-state index contributed by atoms with van der Waals surface area (Å²) < 4.78 is 9.97. The van der Waals surface area contributed by atoms with E-state index in [2.05, 4.69) is 26.8 Å². The molecule has 1 heterocycles. The Labute approximate surface area is 144 Å². The Hall–Kier alpha value is -2.58. The first kappa shape index (κ1) is 17.8. The minimum Gasteiger partial charge on any atom is -0.489 e. The van der Waals surface area contributed by atoms with Crippen LogP contribution in [0.3, 0.4) is 0 Å². The Morgan fingerprint density at radius 1 is 1.50 bits per heavy atom. The smallest absolute Gasteiger partial charge is 0.277 e. The molecule has 0 bridgehead atoms. The lowest BCUT2D eigenvalue weighted by Crippen LogP contribution is -2.84. The number of aromatic nitrogens is 2. The number of nitrogens with zero attached hydrogens (tertiary/aromatic N) is 2. The van der Waals surface area contributed by atoms with Gasteiger partial charge in [0.1, 0.15) is 18.9 Å². The van der Waals surface area contributed by atoms with Gasteiger partial charge in [-0.3, -0.25) is 4.79 Å². The number of hydrogen-bond acceptors (Lipinski definition) is 6. The lowest BCUT2D eigenvalue weighted by molar-refractivity contribution is -0.668. The van der Waals surface area contributed by atoms with Crippen LogP contribution in [0.1, 0.15) is 16.1 Å². The highest BCUT2D eigenvalue weighted by atomic mass is 35.5. The van der Waals surface area contributed by atoms with Crippen LogP contribution in [-0.2, 0) is 6.54 Å². The number of carbonyl (C=O) groups excluding carboxylic acids is 1. The molecule has 0 radical (unpaired) electrons. The number of benzene rings is 1. The van der Waals surface area contributed by atoms with Crippen molar-refractivity contribution in [1.82, 2.24) is 15.6 Å². The van der Waals surface area contributed by atoms with Crippen LogP contribution in [0, 0.1) is 0 Å². The molecule has 5 N–H and O–H groups in total. The number of nitrogens with two attached hydrogens (primary N) is 2. The molecule has 24 heavy (non-hydrogen) atoms. The molecule has 0 aliphatic heterocycles. The van der Waals surface area contributed by atoms with Crippen molar-refractivity contribution in [3.63, 3.8) is 0 Å². The third-order valence-electron chi connectivity index (χ3n) is 3.11. The summed E-state index contributed by atoms with van der Waals surface area (Å²) in [6.07, 6.45) is 1.68. The van der Waals surface area contributed by atoms with E-state index in [1.165, 1.54) is 0 Å². The summed E-state index contributed by atoms with van der Waals surface area (Å²) in [6.45, 7) is 5.82. The molecule has 0 aliphatic carbocycles. The van der Waals surface area contributed by atoms with E-state index in [1.807, 2.05) is 17.4 Å². The molecule has 0 fully saturated rings. The largest absolute Gasteiger partial charge is 0.489 e. The molecule has 0 saturated heterocycles. The summed E-state index contributed by atoms with van der Waals surface area (Å²) >= 11 is 6.02. The molecular weight excluding hydrogens is 334 g/mol. The molecular formula is C15H19ClN5O3+. The fourth-order valence-electron chi connectivity index (χ4n) is 1.98. The molecule has 2 rings (SSSR count). The number of hydrogen-bond donors (Lipinski definition) is 3. The third kappa shape index (κ3) is 4.97. The van der Waals surface area contributed by atoms with Gasteiger partial charge >= 0.3 is 0 Å². The van der Waals surface area contributed by atoms with Gasteiger partial charge in [0.2, 0.25) is 11.5 Å². The molecule has 1 amide bonds. The van der Waals surface area contributed by atoms with Gasteiger partial charge in [-0.1, -0.05) is 24.3 Å². The maximum Gasteiger partial charge on any atom is 0.277 e. The lowest BCUT2D eigenvalue weighted by atomic mass is 10.2. The minimum atomic E-state index is -0.417. The maximum absolute atomic E-state index is 11.8. The van der Waals surface area contributed by atoms with Crippen LogP contribution in [0.2, 0.25) is 5.02 Å². The van der Waals surface area contributed by atoms with E-state index in [4.69, 9.17) is 22.1 Å². The van der Waals surface area contributed by atoms with E-state index in [0.29, 0.717) is 31.3 Å². The Morgan fingerprint density at radius 3 is 3.04 bits per heavy atom. The van der Waals surface area contributed by atoms with Crippen molar-refractivity contribution < 1.29 is 19.5 Å². The van der Waals surface area contributed by atoms with Crippen molar-refractivity contribution in [1.29, 1.82) is 0 Å². The molecule has 2 aromatic rings. The van der Waals surface area contributed by atoms with Gasteiger partial charge in [0, 0.05) is 10.6 Å². The van der Waals surface area contributed by atoms with Gasteiger partial charge in [-0.05, 0) is 28.5 Å². The van der Waals surface area contributed by atoms with Gasteiger partial charge in [0.05, 0.1) is 13.1 Å². The van der Waals surface area contributed by atoms with Gasteiger partial charge in [0.25, 0.3) is 5.91 Å². The van der Waals surface area contributed by atoms with E-state index in [9.17, 15) is 4.79 Å². The third-order valence-corrected chi connectivity index (χ3v) is 3.34. The van der Waals surface area contributed by atoms with Gasteiger partial charge < -0.3 is 21.1 Å². The van der Waals surface area contributed by atoms with Crippen molar-refractivity contribution in [2.45, 2.75) is 6.54 Å². The molecule has 1 aromatic carbocycles. The average molecular weight is 353 g/mol. The molecule has 0 saturated carbocycles. The van der Waals surface area contributed by atoms with Gasteiger partial charge in [-0.25, -0.2) is 4.63 Å². The Kier molecular flexibility index (Phi) is 6.59. The van der Waals surface area contributed by atoms with Crippen LogP contribution in [0.25, 0.3) is 0 Å².